The zero-order valence-electron chi connectivity index (χ0n) is 14.3. The van der Waals surface area contributed by atoms with Crippen LogP contribution in [0.2, 0.25) is 0 Å². The number of phosphoric ester groups is 1. The Labute approximate surface area is 152 Å². The molecule has 26 heavy (non-hydrogen) atoms. The Kier molecular flexibility index (Phi) is 5.05. The first-order valence-electron chi connectivity index (χ1n) is 8.07. The fraction of sp³-hybridized carbons (Fsp3) is 0.211. The molecule has 1 aliphatic heterocycles. The standard InChI is InChI=1S/C19H19O6P/c1-15(19(2)13-14-22-18(19)20)23-26(21,24-16-9-5-3-6-10-16)25-17-11-7-4-8-12-17/h3-12H,1,13-14H2,2H3. The number of cyclic esters (lactones) is 1. The molecule has 1 aliphatic rings. The normalized spacial score (nSPS) is 19.5. The van der Waals surface area contributed by atoms with Crippen LogP contribution in [0, 0.1) is 5.41 Å². The second-order valence-corrected chi connectivity index (χ2v) is 7.43. The van der Waals surface area contributed by atoms with Gasteiger partial charge in [0, 0.05) is 6.42 Å². The average Bonchev–Trinajstić information content (AvgIpc) is 2.96. The summed E-state index contributed by atoms with van der Waals surface area (Å²) in [6, 6.07) is 17.0. The first kappa shape index (κ1) is 18.1. The Bertz CT molecular complexity index is 790. The van der Waals surface area contributed by atoms with Gasteiger partial charge in [0.15, 0.2) is 0 Å². The predicted octanol–water partition coefficient (Wildman–Crippen LogP) is 4.74. The number of esters is 1. The van der Waals surface area contributed by atoms with Crippen LogP contribution in [0.3, 0.4) is 0 Å². The second kappa shape index (κ2) is 7.26. The number of phosphoric acid groups is 1. The van der Waals surface area contributed by atoms with Gasteiger partial charge in [0.2, 0.25) is 0 Å². The molecule has 0 spiro atoms. The Hall–Kier alpha value is -2.72. The van der Waals surface area contributed by atoms with E-state index in [1.54, 1.807) is 67.6 Å². The quantitative estimate of drug-likeness (QED) is 0.396. The molecule has 0 aliphatic carbocycles. The van der Waals surface area contributed by atoms with Crippen molar-refractivity contribution in [3.05, 3.63) is 73.0 Å². The van der Waals surface area contributed by atoms with Gasteiger partial charge in [-0.2, -0.15) is 4.57 Å². The van der Waals surface area contributed by atoms with Crippen LogP contribution in [0.5, 0.6) is 11.5 Å². The van der Waals surface area contributed by atoms with Crippen molar-refractivity contribution in [1.29, 1.82) is 0 Å². The Morgan fingerprint density at radius 3 is 1.96 bits per heavy atom. The third-order valence-corrected chi connectivity index (χ3v) is 5.36. The lowest BCUT2D eigenvalue weighted by atomic mass is 9.88. The minimum atomic E-state index is -4.15. The second-order valence-electron chi connectivity index (χ2n) is 5.99. The van der Waals surface area contributed by atoms with Crippen molar-refractivity contribution < 1.29 is 27.7 Å². The van der Waals surface area contributed by atoms with Gasteiger partial charge in [0.25, 0.3) is 0 Å². The summed E-state index contributed by atoms with van der Waals surface area (Å²) in [5, 5.41) is 0. The van der Waals surface area contributed by atoms with E-state index in [0.717, 1.165) is 0 Å². The molecule has 0 N–H and O–H groups in total. The SMILES string of the molecule is C=C(OP(=O)(Oc1ccccc1)Oc1ccccc1)C1(C)CCOC1=O. The lowest BCUT2D eigenvalue weighted by Crippen LogP contribution is -2.26. The van der Waals surface area contributed by atoms with E-state index in [1.807, 2.05) is 0 Å². The lowest BCUT2D eigenvalue weighted by Gasteiger charge is -2.26. The maximum atomic E-state index is 13.3. The fourth-order valence-electron chi connectivity index (χ4n) is 2.37. The predicted molar refractivity (Wildman–Crippen MR) is 95.7 cm³/mol. The minimum absolute atomic E-state index is 0.0183. The molecule has 1 unspecified atom stereocenters. The smallest absolute Gasteiger partial charge is 0.465 e. The van der Waals surface area contributed by atoms with E-state index < -0.39 is 19.2 Å². The average molecular weight is 374 g/mol. The van der Waals surface area contributed by atoms with Crippen LogP contribution >= 0.6 is 7.82 Å². The zero-order valence-corrected chi connectivity index (χ0v) is 15.2. The molecule has 0 saturated carbocycles. The molecule has 6 nitrogen and oxygen atoms in total. The third-order valence-electron chi connectivity index (χ3n) is 4.04. The maximum absolute atomic E-state index is 13.3. The van der Waals surface area contributed by atoms with Crippen LogP contribution in [0.25, 0.3) is 0 Å². The molecule has 1 heterocycles. The largest absolute Gasteiger partial charge is 0.646 e. The van der Waals surface area contributed by atoms with Crippen LogP contribution in [0.4, 0.5) is 0 Å². The summed E-state index contributed by atoms with van der Waals surface area (Å²) in [7, 11) is -4.15. The van der Waals surface area contributed by atoms with Gasteiger partial charge in [-0.3, -0.25) is 4.79 Å². The molecule has 1 atom stereocenters. The molecular weight excluding hydrogens is 355 g/mol. The molecule has 2 aromatic carbocycles. The van der Waals surface area contributed by atoms with Crippen molar-refractivity contribution in [2.75, 3.05) is 6.61 Å². The van der Waals surface area contributed by atoms with E-state index in [0.29, 0.717) is 17.9 Å². The molecule has 2 aromatic rings. The number of benzene rings is 2. The van der Waals surface area contributed by atoms with Crippen LogP contribution in [0.15, 0.2) is 73.0 Å². The monoisotopic (exact) mass is 374 g/mol. The van der Waals surface area contributed by atoms with E-state index in [9.17, 15) is 9.36 Å². The molecule has 3 rings (SSSR count). The van der Waals surface area contributed by atoms with Gasteiger partial charge in [-0.15, -0.1) is 0 Å². The first-order valence-corrected chi connectivity index (χ1v) is 9.53. The van der Waals surface area contributed by atoms with Crippen molar-refractivity contribution in [2.45, 2.75) is 13.3 Å². The lowest BCUT2D eigenvalue weighted by molar-refractivity contribution is -0.144. The van der Waals surface area contributed by atoms with E-state index in [-0.39, 0.29) is 12.4 Å². The van der Waals surface area contributed by atoms with Crippen molar-refractivity contribution in [3.63, 3.8) is 0 Å². The van der Waals surface area contributed by atoms with Crippen LogP contribution in [0.1, 0.15) is 13.3 Å². The van der Waals surface area contributed by atoms with Gasteiger partial charge in [-0.25, -0.2) is 0 Å². The van der Waals surface area contributed by atoms with Crippen molar-refractivity contribution in [3.8, 4) is 11.5 Å². The molecule has 0 amide bonds. The molecule has 0 bridgehead atoms. The summed E-state index contributed by atoms with van der Waals surface area (Å²) < 4.78 is 34.8. The van der Waals surface area contributed by atoms with Gasteiger partial charge >= 0.3 is 13.8 Å². The number of para-hydroxylation sites is 2. The van der Waals surface area contributed by atoms with E-state index in [4.69, 9.17) is 18.3 Å². The summed E-state index contributed by atoms with van der Waals surface area (Å²) in [6.07, 6.45) is 0.376. The molecular formula is C19H19O6P. The summed E-state index contributed by atoms with van der Waals surface area (Å²) in [5.41, 5.74) is -1.10. The highest BCUT2D eigenvalue weighted by Gasteiger charge is 2.48. The van der Waals surface area contributed by atoms with Gasteiger partial charge in [-0.05, 0) is 31.2 Å². The molecule has 7 heteroatoms. The van der Waals surface area contributed by atoms with Gasteiger partial charge in [0.1, 0.15) is 22.7 Å². The van der Waals surface area contributed by atoms with Crippen molar-refractivity contribution in [2.24, 2.45) is 5.41 Å². The maximum Gasteiger partial charge on any atom is 0.646 e. The highest BCUT2D eigenvalue weighted by molar-refractivity contribution is 7.49. The highest BCUT2D eigenvalue weighted by Crippen LogP contribution is 2.54. The number of ether oxygens (including phenoxy) is 1. The molecule has 0 aromatic heterocycles. The fourth-order valence-corrected chi connectivity index (χ4v) is 3.72. The third kappa shape index (κ3) is 3.92. The van der Waals surface area contributed by atoms with E-state index in [2.05, 4.69) is 6.58 Å². The minimum Gasteiger partial charge on any atom is -0.465 e. The molecule has 136 valence electrons. The van der Waals surface area contributed by atoms with Crippen LogP contribution in [-0.2, 0) is 18.6 Å². The number of carbonyl (C=O) groups is 1. The van der Waals surface area contributed by atoms with Crippen LogP contribution < -0.4 is 9.05 Å². The Balaban J connectivity index is 1.86. The summed E-state index contributed by atoms with van der Waals surface area (Å²) in [4.78, 5) is 12.0. The highest BCUT2D eigenvalue weighted by atomic mass is 31.2. The van der Waals surface area contributed by atoms with E-state index in [1.165, 1.54) is 0 Å². The number of hydrogen-bond acceptors (Lipinski definition) is 6. The number of hydrogen-bond donors (Lipinski definition) is 0. The van der Waals surface area contributed by atoms with Crippen molar-refractivity contribution in [1.82, 2.24) is 0 Å². The Morgan fingerprint density at radius 1 is 1.04 bits per heavy atom. The van der Waals surface area contributed by atoms with Gasteiger partial charge in [-0.1, -0.05) is 43.0 Å². The van der Waals surface area contributed by atoms with Gasteiger partial charge in [0.05, 0.1) is 6.61 Å². The van der Waals surface area contributed by atoms with E-state index >= 15 is 0 Å². The molecule has 1 fully saturated rings. The topological polar surface area (TPSA) is 71.1 Å². The zero-order chi connectivity index (χ0) is 18.6. The number of rotatable bonds is 7. The summed E-state index contributed by atoms with van der Waals surface area (Å²) >= 11 is 0. The Morgan fingerprint density at radius 2 is 1.54 bits per heavy atom. The first-order chi connectivity index (χ1) is 12.4. The summed E-state index contributed by atoms with van der Waals surface area (Å²) in [5.74, 6) is 0.112. The van der Waals surface area contributed by atoms with Gasteiger partial charge < -0.3 is 18.3 Å². The van der Waals surface area contributed by atoms with Crippen molar-refractivity contribution >= 4 is 13.8 Å². The number of carbonyl (C=O) groups excluding carboxylic acids is 1. The molecule has 1 saturated heterocycles. The molecule has 0 radical (unpaired) electrons. The van der Waals surface area contributed by atoms with Crippen LogP contribution in [-0.4, -0.2) is 12.6 Å². The summed E-state index contributed by atoms with van der Waals surface area (Å²) in [6.45, 7) is 5.65.